The monoisotopic (exact) mass is 1640 g/mol. The fraction of sp³-hybridized carbons (Fsp3) is 0.0857. The largest absolute Gasteiger partial charge is 0.497 e. The van der Waals surface area contributed by atoms with Crippen LogP contribution in [0.2, 0.25) is 0 Å². The molecule has 0 N–H and O–H groups in total. The van der Waals surface area contributed by atoms with Crippen molar-refractivity contribution in [2.24, 2.45) is 0 Å². The lowest BCUT2D eigenvalue weighted by Gasteiger charge is -2.10. The Kier molecular flexibility index (Phi) is 30.2. The second-order valence-corrected chi connectivity index (χ2v) is 37.6. The fourth-order valence-corrected chi connectivity index (χ4v) is 22.2. The molecular weight excluding hydrogens is 1550 g/mol. The smallest absolute Gasteiger partial charge is 0.166 e. The summed E-state index contributed by atoms with van der Waals surface area (Å²) in [7, 11) is 6.06. The van der Waals surface area contributed by atoms with E-state index in [1.54, 1.807) is 52.0 Å². The molecule has 0 aliphatic rings. The van der Waals surface area contributed by atoms with Crippen LogP contribution in [0.25, 0.3) is 0 Å². The van der Waals surface area contributed by atoms with E-state index < -0.39 is 0 Å². The van der Waals surface area contributed by atoms with Gasteiger partial charge in [0, 0.05) is 19.6 Å². The minimum absolute atomic E-state index is 0.0952. The molecule has 0 saturated heterocycles. The van der Waals surface area contributed by atoms with Gasteiger partial charge in [-0.05, 0) is 326 Å². The molecule has 0 amide bonds. The van der Waals surface area contributed by atoms with Gasteiger partial charge >= 0.3 is 0 Å². The molecule has 16 rings (SSSR count). The molecule has 0 aliphatic heterocycles. The molecule has 16 aromatic carbocycles. The zero-order chi connectivity index (χ0) is 81.1. The highest BCUT2D eigenvalue weighted by atomic mass is 32.2. The Morgan fingerprint density at radius 1 is 0.154 bits per heavy atom. The van der Waals surface area contributed by atoms with Crippen LogP contribution in [0.3, 0.4) is 0 Å². The van der Waals surface area contributed by atoms with Gasteiger partial charge in [-0.15, -0.1) is 0 Å². The van der Waals surface area contributed by atoms with Crippen molar-refractivity contribution < 1.29 is 28.4 Å². The molecule has 6 nitrogen and oxygen atoms in total. The van der Waals surface area contributed by atoms with Crippen LogP contribution in [0.5, 0.6) is 46.0 Å². The van der Waals surface area contributed by atoms with Gasteiger partial charge < -0.3 is 28.4 Å². The Morgan fingerprint density at radius 2 is 0.299 bits per heavy atom. The number of para-hydroxylation sites is 2. The molecule has 0 radical (unpaired) electrons. The summed E-state index contributed by atoms with van der Waals surface area (Å²) in [4.78, 5) is 20.5. The Hall–Kier alpha value is -11.6. The van der Waals surface area contributed by atoms with Crippen molar-refractivity contribution in [1.82, 2.24) is 0 Å². The molecule has 0 fully saturated rings. The second kappa shape index (κ2) is 42.3. The average Bonchev–Trinajstić information content (AvgIpc) is 0.822. The summed E-state index contributed by atoms with van der Waals surface area (Å²) < 4.78 is 33.3. The number of methoxy groups -OCH3 is 4. The summed E-state index contributed by atoms with van der Waals surface area (Å²) >= 11 is 3.59. The van der Waals surface area contributed by atoms with E-state index in [1.165, 1.54) is 106 Å². The van der Waals surface area contributed by atoms with E-state index in [0.29, 0.717) is 0 Å². The summed E-state index contributed by atoms with van der Waals surface area (Å²) in [6, 6.07) is 143. The standard InChI is InChI=1S/C27H25O2S2.C26H23O3S.C26H23OS.C26H23S2/c1-20-4-10-23(11-5-20)30-24-12-18-27(19-13-24)31(25-14-6-21(28-2)7-15-25)26-16-8-22(29-3)9-17-26;1-27-20-8-14-24(15-9-20)30(25-16-10-21(28-2)11-17-25)26-18-12-23(13-19-26)29-22-6-4-3-5-7-22;2*1-20-8-14-24(15-9-20)28(25-16-10-21(2)11-17-25)26-18-12-23(13-19-26)27-22-6-4-3-5-7-22/h4-19H,1-3H3;3-19H,1-2H3;2*3-19H,1-2H3/q4*+1. The van der Waals surface area contributed by atoms with E-state index >= 15 is 0 Å². The minimum atomic E-state index is -0.257. The van der Waals surface area contributed by atoms with E-state index in [1.807, 2.05) is 121 Å². The molecule has 0 aliphatic carbocycles. The summed E-state index contributed by atoms with van der Waals surface area (Å²) in [6.45, 7) is 10.7. The predicted molar refractivity (Wildman–Crippen MR) is 490 cm³/mol. The lowest BCUT2D eigenvalue weighted by Crippen LogP contribution is -2.05. The van der Waals surface area contributed by atoms with Crippen molar-refractivity contribution in [3.05, 3.63) is 434 Å². The van der Waals surface area contributed by atoms with Crippen LogP contribution in [0.4, 0.5) is 0 Å². The number of rotatable bonds is 24. The lowest BCUT2D eigenvalue weighted by atomic mass is 10.2. The number of hydrogen-bond donors (Lipinski definition) is 0. The first-order valence-corrected chi connectivity index (χ1v) is 45.0. The maximum absolute atomic E-state index is 5.96. The van der Waals surface area contributed by atoms with Gasteiger partial charge in [-0.1, -0.05) is 167 Å². The van der Waals surface area contributed by atoms with Gasteiger partial charge in [-0.2, -0.15) is 0 Å². The van der Waals surface area contributed by atoms with Crippen LogP contribution in [-0.2, 0) is 43.6 Å². The number of benzene rings is 16. The topological polar surface area (TPSA) is 55.4 Å². The summed E-state index contributed by atoms with van der Waals surface area (Å²) in [6.07, 6.45) is 0. The Morgan fingerprint density at radius 3 is 0.504 bits per heavy atom. The average molecular weight is 1640 g/mol. The molecule has 0 unspecified atom stereocenters. The van der Waals surface area contributed by atoms with Crippen LogP contribution in [0.15, 0.2) is 485 Å². The Balaban J connectivity index is 0.000000136. The van der Waals surface area contributed by atoms with E-state index in [-0.39, 0.29) is 43.6 Å². The van der Waals surface area contributed by atoms with Gasteiger partial charge in [-0.25, -0.2) is 0 Å². The van der Waals surface area contributed by atoms with Crippen LogP contribution in [0, 0.1) is 34.6 Å². The van der Waals surface area contributed by atoms with Crippen molar-refractivity contribution in [3.63, 3.8) is 0 Å². The summed E-state index contributed by atoms with van der Waals surface area (Å²) in [5.41, 5.74) is 6.44. The molecule has 0 aromatic heterocycles. The predicted octanol–water partition coefficient (Wildman–Crippen LogP) is 28.6. The third-order valence-corrected chi connectivity index (χ3v) is 29.6. The summed E-state index contributed by atoms with van der Waals surface area (Å²) in [5.74, 6) is 6.79. The van der Waals surface area contributed by atoms with E-state index in [0.717, 1.165) is 46.0 Å². The molecule has 582 valence electrons. The van der Waals surface area contributed by atoms with Crippen molar-refractivity contribution >= 4 is 67.1 Å². The maximum Gasteiger partial charge on any atom is 0.166 e. The lowest BCUT2D eigenvalue weighted by molar-refractivity contribution is 0.414. The molecular formula is C105H94O6S6+4. The molecule has 0 saturated carbocycles. The summed E-state index contributed by atoms with van der Waals surface area (Å²) in [5, 5.41) is 0. The van der Waals surface area contributed by atoms with E-state index in [9.17, 15) is 0 Å². The molecule has 16 aromatic rings. The van der Waals surface area contributed by atoms with Crippen molar-refractivity contribution in [2.75, 3.05) is 28.4 Å². The normalized spacial score (nSPS) is 10.8. The number of ether oxygens (including phenoxy) is 6. The quantitative estimate of drug-likeness (QED) is 0.0555. The SMILES string of the molecule is COc1ccc([S+](c2ccc(OC)cc2)c2ccc(Oc3ccccc3)cc2)cc1.COc1ccc([S+](c2ccc(OC)cc2)c2ccc(Sc3ccc(C)cc3)cc2)cc1.Cc1ccc([S+](c2ccc(C)cc2)c2ccc(Oc3ccccc3)cc2)cc1.Cc1ccc([S+](c2ccc(C)cc2)c2ccc(Sc3ccccc3)cc2)cc1. The van der Waals surface area contributed by atoms with Crippen LogP contribution in [-0.4, -0.2) is 28.4 Å². The first-order valence-electron chi connectivity index (χ1n) is 38.4. The van der Waals surface area contributed by atoms with Gasteiger partial charge in [0.15, 0.2) is 58.7 Å². The Bertz CT molecular complexity index is 5280. The second-order valence-electron chi connectivity index (χ2n) is 27.2. The maximum atomic E-state index is 5.96. The minimum Gasteiger partial charge on any atom is -0.497 e. The number of aryl methyl sites for hydroxylation is 5. The molecule has 12 heteroatoms. The third kappa shape index (κ3) is 23.8. The van der Waals surface area contributed by atoms with Gasteiger partial charge in [0.05, 0.1) is 72.0 Å². The van der Waals surface area contributed by atoms with Crippen LogP contribution in [0.1, 0.15) is 27.8 Å². The Labute approximate surface area is 711 Å². The highest BCUT2D eigenvalue weighted by molar-refractivity contribution is 8.00. The van der Waals surface area contributed by atoms with Crippen LogP contribution >= 0.6 is 23.5 Å². The van der Waals surface area contributed by atoms with Gasteiger partial charge in [-0.3, -0.25) is 0 Å². The highest BCUT2D eigenvalue weighted by Gasteiger charge is 2.33. The van der Waals surface area contributed by atoms with E-state index in [2.05, 4.69) is 320 Å². The van der Waals surface area contributed by atoms with Gasteiger partial charge in [0.25, 0.3) is 0 Å². The highest BCUT2D eigenvalue weighted by Crippen LogP contribution is 2.40. The van der Waals surface area contributed by atoms with Crippen molar-refractivity contribution in [3.8, 4) is 46.0 Å². The molecule has 0 bridgehead atoms. The number of hydrogen-bond acceptors (Lipinski definition) is 8. The van der Waals surface area contributed by atoms with Crippen molar-refractivity contribution in [2.45, 2.75) is 113 Å². The molecule has 117 heavy (non-hydrogen) atoms. The van der Waals surface area contributed by atoms with Gasteiger partial charge in [0.1, 0.15) is 46.0 Å². The van der Waals surface area contributed by atoms with Crippen molar-refractivity contribution in [1.29, 1.82) is 0 Å². The third-order valence-electron chi connectivity index (χ3n) is 18.6. The van der Waals surface area contributed by atoms with Crippen LogP contribution < -0.4 is 28.4 Å². The first-order chi connectivity index (χ1) is 57.3. The molecule has 0 heterocycles. The zero-order valence-electron chi connectivity index (χ0n) is 67.1. The van der Waals surface area contributed by atoms with E-state index in [4.69, 9.17) is 28.4 Å². The molecule has 0 atom stereocenters. The first kappa shape index (κ1) is 83.4. The zero-order valence-corrected chi connectivity index (χ0v) is 72.0. The fourth-order valence-electron chi connectivity index (χ4n) is 12.4. The molecule has 0 spiro atoms. The van der Waals surface area contributed by atoms with Gasteiger partial charge in [0.2, 0.25) is 0 Å².